The molecule has 8 heteroatoms. The number of carbonyl (C=O) groups excluding carboxylic acids is 3. The van der Waals surface area contributed by atoms with Crippen molar-refractivity contribution < 1.29 is 24.2 Å². The molecule has 0 aromatic heterocycles. The van der Waals surface area contributed by atoms with E-state index in [2.05, 4.69) is 10.6 Å². The second-order valence-electron chi connectivity index (χ2n) is 10.2. The zero-order valence-electron chi connectivity index (χ0n) is 22.7. The van der Waals surface area contributed by atoms with Crippen LogP contribution in [-0.2, 0) is 14.3 Å². The van der Waals surface area contributed by atoms with Gasteiger partial charge in [-0.15, -0.1) is 0 Å². The van der Waals surface area contributed by atoms with Crippen LogP contribution in [0.1, 0.15) is 83.5 Å². The van der Waals surface area contributed by atoms with Crippen molar-refractivity contribution in [1.82, 2.24) is 15.5 Å². The number of ether oxygens (including phenoxy) is 1. The van der Waals surface area contributed by atoms with Gasteiger partial charge in [0, 0.05) is 13.1 Å². The lowest BCUT2D eigenvalue weighted by Gasteiger charge is -2.36. The molecule has 1 aromatic rings. The lowest BCUT2D eigenvalue weighted by atomic mass is 9.94. The van der Waals surface area contributed by atoms with Gasteiger partial charge in [0.15, 0.2) is 0 Å². The molecule has 0 heterocycles. The largest absolute Gasteiger partial charge is 0.444 e. The van der Waals surface area contributed by atoms with Crippen LogP contribution in [0.15, 0.2) is 18.2 Å². The Morgan fingerprint density at radius 2 is 1.77 bits per heavy atom. The molecule has 8 nitrogen and oxygen atoms in total. The molecule has 0 aliphatic rings. The molecule has 1 aromatic carbocycles. The second kappa shape index (κ2) is 14.1. The van der Waals surface area contributed by atoms with E-state index in [1.165, 1.54) is 4.90 Å². The van der Waals surface area contributed by atoms with E-state index in [0.29, 0.717) is 18.5 Å². The molecule has 0 radical (unpaired) electrons. The van der Waals surface area contributed by atoms with Gasteiger partial charge in [-0.3, -0.25) is 9.59 Å². The van der Waals surface area contributed by atoms with Crippen LogP contribution in [0.2, 0.25) is 0 Å². The number of hydrogen-bond acceptors (Lipinski definition) is 5. The summed E-state index contributed by atoms with van der Waals surface area (Å²) in [6.07, 6.45) is 1.66. The van der Waals surface area contributed by atoms with Crippen LogP contribution in [0.3, 0.4) is 0 Å². The Hall–Kier alpha value is -2.61. The Morgan fingerprint density at radius 3 is 2.29 bits per heavy atom. The summed E-state index contributed by atoms with van der Waals surface area (Å²) in [5.74, 6) is -0.975. The lowest BCUT2D eigenvalue weighted by molar-refractivity contribution is -0.144. The van der Waals surface area contributed by atoms with Gasteiger partial charge in [-0.1, -0.05) is 51.8 Å². The van der Waals surface area contributed by atoms with Gasteiger partial charge in [0.1, 0.15) is 17.7 Å². The summed E-state index contributed by atoms with van der Waals surface area (Å²) in [6, 6.07) is 3.79. The van der Waals surface area contributed by atoms with Crippen molar-refractivity contribution in [2.75, 3.05) is 19.7 Å². The molecule has 0 saturated heterocycles. The molecule has 0 aliphatic heterocycles. The maximum Gasteiger partial charge on any atom is 0.408 e. The molecule has 198 valence electrons. The first-order valence-electron chi connectivity index (χ1n) is 12.6. The zero-order chi connectivity index (χ0) is 26.8. The van der Waals surface area contributed by atoms with Gasteiger partial charge in [0.2, 0.25) is 11.8 Å². The second-order valence-corrected chi connectivity index (χ2v) is 10.2. The molecular weight excluding hydrogens is 446 g/mol. The smallest absolute Gasteiger partial charge is 0.408 e. The summed E-state index contributed by atoms with van der Waals surface area (Å²) < 4.78 is 5.39. The highest BCUT2D eigenvalue weighted by Crippen LogP contribution is 2.26. The van der Waals surface area contributed by atoms with Crippen LogP contribution in [0.5, 0.6) is 0 Å². The van der Waals surface area contributed by atoms with Gasteiger partial charge in [0.25, 0.3) is 0 Å². The van der Waals surface area contributed by atoms with E-state index < -0.39 is 29.7 Å². The first-order chi connectivity index (χ1) is 16.4. The van der Waals surface area contributed by atoms with E-state index in [9.17, 15) is 19.5 Å². The highest BCUT2D eigenvalue weighted by molar-refractivity contribution is 5.92. The average Bonchev–Trinajstić information content (AvgIpc) is 2.77. The van der Waals surface area contributed by atoms with Gasteiger partial charge in [-0.05, 0) is 63.6 Å². The summed E-state index contributed by atoms with van der Waals surface area (Å²) in [5.41, 5.74) is 2.00. The molecule has 0 aliphatic carbocycles. The summed E-state index contributed by atoms with van der Waals surface area (Å²) >= 11 is 0. The van der Waals surface area contributed by atoms with Crippen LogP contribution < -0.4 is 10.6 Å². The number of aryl methyl sites for hydroxylation is 2. The van der Waals surface area contributed by atoms with Gasteiger partial charge in [-0.2, -0.15) is 0 Å². The Morgan fingerprint density at radius 1 is 1.11 bits per heavy atom. The Labute approximate surface area is 210 Å². The molecule has 0 spiro atoms. The predicted octanol–water partition coefficient (Wildman–Crippen LogP) is 4.02. The maximum absolute atomic E-state index is 13.9. The van der Waals surface area contributed by atoms with E-state index in [0.717, 1.165) is 24.0 Å². The Bertz CT molecular complexity index is 850. The number of carbonyl (C=O) groups is 3. The number of nitrogens with zero attached hydrogens (tertiary/aromatic N) is 1. The van der Waals surface area contributed by atoms with Crippen LogP contribution in [0.25, 0.3) is 0 Å². The van der Waals surface area contributed by atoms with Crippen molar-refractivity contribution in [1.29, 1.82) is 0 Å². The lowest BCUT2D eigenvalue weighted by Crippen LogP contribution is -2.55. The molecule has 0 bridgehead atoms. The molecule has 3 amide bonds. The normalized spacial score (nSPS) is 14.0. The number of aliphatic hydroxyl groups excluding tert-OH is 1. The highest BCUT2D eigenvalue weighted by atomic mass is 16.6. The fraction of sp³-hybridized carbons (Fsp3) is 0.667. The van der Waals surface area contributed by atoms with E-state index in [4.69, 9.17) is 4.74 Å². The standard InChI is InChI=1S/C27H45N3O5/c1-9-11-14-28-24(32)23(21-13-12-19(4)20(5)17-21)30(15-16-31)25(33)22(18(3)10-2)29-26(34)35-27(6,7)8/h12-13,17-18,22-23,31H,9-11,14-16H2,1-8H3,(H,28,32)(H,29,34). The van der Waals surface area contributed by atoms with Gasteiger partial charge in [0.05, 0.1) is 6.61 Å². The molecule has 3 unspecified atom stereocenters. The number of rotatable bonds is 12. The number of unbranched alkanes of at least 4 members (excludes halogenated alkanes) is 1. The van der Waals surface area contributed by atoms with Gasteiger partial charge in [-0.25, -0.2) is 4.79 Å². The van der Waals surface area contributed by atoms with Gasteiger partial charge >= 0.3 is 6.09 Å². The van der Waals surface area contributed by atoms with E-state index in [-0.39, 0.29) is 25.0 Å². The molecule has 35 heavy (non-hydrogen) atoms. The van der Waals surface area contributed by atoms with E-state index >= 15 is 0 Å². The fourth-order valence-corrected chi connectivity index (χ4v) is 3.66. The van der Waals surface area contributed by atoms with Crippen molar-refractivity contribution in [3.8, 4) is 0 Å². The van der Waals surface area contributed by atoms with Crippen molar-refractivity contribution >= 4 is 17.9 Å². The van der Waals surface area contributed by atoms with E-state index in [1.54, 1.807) is 20.8 Å². The predicted molar refractivity (Wildman–Crippen MR) is 138 cm³/mol. The number of amides is 3. The summed E-state index contributed by atoms with van der Waals surface area (Å²) in [4.78, 5) is 41.3. The van der Waals surface area contributed by atoms with Crippen molar-refractivity contribution in [3.63, 3.8) is 0 Å². The summed E-state index contributed by atoms with van der Waals surface area (Å²) in [7, 11) is 0. The summed E-state index contributed by atoms with van der Waals surface area (Å²) in [5, 5.41) is 15.5. The highest BCUT2D eigenvalue weighted by Gasteiger charge is 2.37. The summed E-state index contributed by atoms with van der Waals surface area (Å²) in [6.45, 7) is 15.1. The number of alkyl carbamates (subject to hydrolysis) is 1. The fourth-order valence-electron chi connectivity index (χ4n) is 3.66. The van der Waals surface area contributed by atoms with E-state index in [1.807, 2.05) is 52.8 Å². The molecule has 3 N–H and O–H groups in total. The van der Waals surface area contributed by atoms with Gasteiger partial charge < -0.3 is 25.4 Å². The molecular formula is C27H45N3O5. The molecule has 0 saturated carbocycles. The third-order valence-electron chi connectivity index (χ3n) is 6.01. The van der Waals surface area contributed by atoms with Crippen molar-refractivity contribution in [2.24, 2.45) is 5.92 Å². The zero-order valence-corrected chi connectivity index (χ0v) is 22.7. The van der Waals surface area contributed by atoms with Crippen LogP contribution >= 0.6 is 0 Å². The SMILES string of the molecule is CCCCNC(=O)C(c1ccc(C)c(C)c1)N(CCO)C(=O)C(NC(=O)OC(C)(C)C)C(C)CC. The van der Waals surface area contributed by atoms with Crippen LogP contribution in [0.4, 0.5) is 4.79 Å². The minimum absolute atomic E-state index is 0.0550. The molecule has 1 rings (SSSR count). The van der Waals surface area contributed by atoms with Crippen LogP contribution in [-0.4, -0.2) is 59.3 Å². The van der Waals surface area contributed by atoms with Crippen LogP contribution in [0, 0.1) is 19.8 Å². The Kier molecular flexibility index (Phi) is 12.2. The molecule has 0 fully saturated rings. The first-order valence-corrected chi connectivity index (χ1v) is 12.6. The number of hydrogen-bond donors (Lipinski definition) is 3. The average molecular weight is 492 g/mol. The monoisotopic (exact) mass is 491 g/mol. The first kappa shape index (κ1) is 30.4. The van der Waals surface area contributed by atoms with Crippen molar-refractivity contribution in [2.45, 2.75) is 92.3 Å². The third kappa shape index (κ3) is 9.51. The number of benzene rings is 1. The van der Waals surface area contributed by atoms with Crippen molar-refractivity contribution in [3.05, 3.63) is 34.9 Å². The maximum atomic E-state index is 13.9. The number of aliphatic hydroxyl groups is 1. The quantitative estimate of drug-likeness (QED) is 0.383. The minimum Gasteiger partial charge on any atom is -0.444 e. The topological polar surface area (TPSA) is 108 Å². The molecule has 3 atom stereocenters. The Balaban J connectivity index is 3.45. The third-order valence-corrected chi connectivity index (χ3v) is 6.01. The number of nitrogens with one attached hydrogen (secondary N) is 2. The minimum atomic E-state index is -0.946.